The molecule has 0 aliphatic rings. The molecule has 8 N–H and O–H groups in total. The summed E-state index contributed by atoms with van der Waals surface area (Å²) in [6.45, 7) is 3.74. The van der Waals surface area contributed by atoms with Crippen molar-refractivity contribution < 1.29 is 57.1 Å². The number of aryl methyl sites for hydroxylation is 2. The van der Waals surface area contributed by atoms with E-state index in [9.17, 15) is 17.3 Å². The first-order valence-corrected chi connectivity index (χ1v) is 5.88. The van der Waals surface area contributed by atoms with E-state index in [1.165, 1.54) is 0 Å². The monoisotopic (exact) mass is 364 g/mol. The number of nitrogens with one attached hydrogen (secondary N) is 1. The van der Waals surface area contributed by atoms with Gasteiger partial charge in [0, 0.05) is 5.69 Å². The fraction of sp³-hybridized carbons (Fsp3) is 0.500. The van der Waals surface area contributed by atoms with Crippen LogP contribution in [-0.2, 0) is 6.42 Å². The lowest BCUT2D eigenvalue weighted by Gasteiger charge is -1.95. The van der Waals surface area contributed by atoms with Gasteiger partial charge in [-0.3, -0.25) is 12.9 Å². The van der Waals surface area contributed by atoms with E-state index < -0.39 is 29.6 Å². The molecule has 0 atom stereocenters. The van der Waals surface area contributed by atoms with Gasteiger partial charge in [-0.15, -0.1) is 0 Å². The summed E-state index contributed by atoms with van der Waals surface area (Å²) < 4.78 is 46.5. The van der Waals surface area contributed by atoms with Crippen LogP contribution in [0.25, 0.3) is 0 Å². The Morgan fingerprint density at radius 3 is 1.46 bits per heavy atom. The van der Waals surface area contributed by atoms with Crippen LogP contribution in [0.15, 0.2) is 0 Å². The molecular formula is C6H16B4F4N2O8. The summed E-state index contributed by atoms with van der Waals surface area (Å²) in [5.41, 5.74) is 1.64. The molecule has 10 nitrogen and oxygen atoms in total. The van der Waals surface area contributed by atoms with Crippen molar-refractivity contribution in [1.82, 2.24) is 9.97 Å². The van der Waals surface area contributed by atoms with Crippen LogP contribution < -0.4 is 4.65 Å². The van der Waals surface area contributed by atoms with E-state index in [2.05, 4.69) is 14.6 Å². The molecule has 1 aromatic rings. The second-order valence-electron chi connectivity index (χ2n) is 3.31. The Morgan fingerprint density at radius 1 is 0.917 bits per heavy atom. The average molecular weight is 363 g/mol. The van der Waals surface area contributed by atoms with Gasteiger partial charge in [-0.25, -0.2) is 9.30 Å². The molecule has 1 aromatic heterocycles. The fourth-order valence-electron chi connectivity index (χ4n) is 0.959. The normalized spacial score (nSPS) is 8.38. The first-order valence-electron chi connectivity index (χ1n) is 5.88. The largest absolute Gasteiger partial charge is 0.753 e. The summed E-state index contributed by atoms with van der Waals surface area (Å²) in [5, 5.41) is 49.9. The maximum absolute atomic E-state index is 11.9. The lowest BCUT2D eigenvalue weighted by atomic mass is 10.3. The first-order chi connectivity index (χ1) is 10.8. The number of nitrogens with zero attached hydrogens (tertiary/aromatic N) is 1. The number of H-pyrrole nitrogens is 1. The van der Waals surface area contributed by atoms with Gasteiger partial charge in [0.25, 0.3) is 6.01 Å². The lowest BCUT2D eigenvalue weighted by Crippen LogP contribution is -2.15. The van der Waals surface area contributed by atoms with E-state index in [0.717, 1.165) is 17.8 Å². The highest BCUT2D eigenvalue weighted by atomic mass is 19.1. The third-order valence-electron chi connectivity index (χ3n) is 1.51. The second kappa shape index (κ2) is 16.6. The van der Waals surface area contributed by atoms with Crippen LogP contribution in [0.2, 0.25) is 0 Å². The van der Waals surface area contributed by atoms with Gasteiger partial charge in [0.1, 0.15) is 0 Å². The molecule has 138 valence electrons. The van der Waals surface area contributed by atoms with Gasteiger partial charge in [-0.1, -0.05) is 6.92 Å². The standard InChI is InChI=1S/C6H10BFN2O2.3BFH2O2/c1-3-5-4(2)9-6(10-5)12-7(8)11;3*2-1(3)4/h11H,3H2,1-2H3,(H,9,10);3*3-4H. The molecule has 0 unspecified atom stereocenters. The van der Waals surface area contributed by atoms with E-state index in [1.807, 2.05) is 13.8 Å². The number of hydrogen-bond acceptors (Lipinski definition) is 9. The van der Waals surface area contributed by atoms with Crippen molar-refractivity contribution in [2.24, 2.45) is 0 Å². The number of aromatic nitrogens is 2. The maximum Gasteiger partial charge on any atom is 0.753 e. The van der Waals surface area contributed by atoms with Gasteiger partial charge in [0.15, 0.2) is 0 Å². The van der Waals surface area contributed by atoms with E-state index in [1.54, 1.807) is 0 Å². The maximum atomic E-state index is 11.9. The summed E-state index contributed by atoms with van der Waals surface area (Å²) >= 11 is 0. The minimum absolute atomic E-state index is 0.0133. The van der Waals surface area contributed by atoms with Gasteiger partial charge >= 0.3 is 29.6 Å². The van der Waals surface area contributed by atoms with Crippen LogP contribution in [0.5, 0.6) is 6.01 Å². The van der Waals surface area contributed by atoms with Crippen molar-refractivity contribution in [3.8, 4) is 6.01 Å². The second-order valence-corrected chi connectivity index (χ2v) is 3.31. The molecular weight excluding hydrogens is 347 g/mol. The molecule has 24 heavy (non-hydrogen) atoms. The molecule has 0 spiro atoms. The van der Waals surface area contributed by atoms with Crippen LogP contribution in [0.3, 0.4) is 0 Å². The molecule has 0 bridgehead atoms. The van der Waals surface area contributed by atoms with Crippen LogP contribution in [0, 0.1) is 6.92 Å². The lowest BCUT2D eigenvalue weighted by molar-refractivity contribution is 0.335. The molecule has 0 saturated heterocycles. The van der Waals surface area contributed by atoms with Gasteiger partial charge in [0.2, 0.25) is 0 Å². The Labute approximate surface area is 135 Å². The van der Waals surface area contributed by atoms with Crippen molar-refractivity contribution in [3.05, 3.63) is 11.4 Å². The van der Waals surface area contributed by atoms with Gasteiger partial charge < -0.3 is 44.8 Å². The molecule has 0 aromatic carbocycles. The Balaban J connectivity index is -0.000000304. The highest BCUT2D eigenvalue weighted by molar-refractivity contribution is 6.34. The van der Waals surface area contributed by atoms with Crippen molar-refractivity contribution in [3.63, 3.8) is 0 Å². The van der Waals surface area contributed by atoms with E-state index in [4.69, 9.17) is 35.2 Å². The zero-order valence-corrected chi connectivity index (χ0v) is 12.5. The molecule has 1 rings (SSSR count). The molecule has 0 fully saturated rings. The molecule has 1 heterocycles. The molecule has 0 radical (unpaired) electrons. The average Bonchev–Trinajstić information content (AvgIpc) is 2.66. The van der Waals surface area contributed by atoms with Gasteiger partial charge in [-0.05, 0) is 13.3 Å². The van der Waals surface area contributed by atoms with Gasteiger partial charge in [0.05, 0.1) is 5.69 Å². The third kappa shape index (κ3) is 28.8. The predicted molar refractivity (Wildman–Crippen MR) is 76.3 cm³/mol. The first kappa shape index (κ1) is 27.6. The summed E-state index contributed by atoms with van der Waals surface area (Å²) in [6.07, 6.45) is 0.744. The summed E-state index contributed by atoms with van der Waals surface area (Å²) in [7, 11) is -10.3. The highest BCUT2D eigenvalue weighted by Crippen LogP contribution is 2.11. The number of aromatic amines is 1. The minimum atomic E-state index is -2.67. The fourth-order valence-corrected chi connectivity index (χ4v) is 0.959. The summed E-state index contributed by atoms with van der Waals surface area (Å²) in [4.78, 5) is 6.58. The van der Waals surface area contributed by atoms with Crippen LogP contribution in [0.1, 0.15) is 18.3 Å². The van der Waals surface area contributed by atoms with Crippen LogP contribution in [-0.4, -0.2) is 74.7 Å². The van der Waals surface area contributed by atoms with E-state index >= 15 is 0 Å². The minimum Gasteiger partial charge on any atom is -0.481 e. The van der Waals surface area contributed by atoms with Crippen LogP contribution >= 0.6 is 0 Å². The number of hydrogen-bond donors (Lipinski definition) is 8. The Bertz CT molecular complexity index is 380. The summed E-state index contributed by atoms with van der Waals surface area (Å²) in [5.74, 6) is 0. The third-order valence-corrected chi connectivity index (χ3v) is 1.51. The molecule has 0 aliphatic carbocycles. The molecule has 0 aliphatic heterocycles. The predicted octanol–water partition coefficient (Wildman–Crippen LogP) is -2.62. The van der Waals surface area contributed by atoms with E-state index in [0.29, 0.717) is 0 Å². The quantitative estimate of drug-likeness (QED) is 0.211. The zero-order chi connectivity index (χ0) is 19.9. The number of imidazole rings is 1. The van der Waals surface area contributed by atoms with Crippen molar-refractivity contribution in [2.75, 3.05) is 0 Å². The van der Waals surface area contributed by atoms with Crippen molar-refractivity contribution >= 4 is 29.6 Å². The molecule has 0 saturated carbocycles. The number of rotatable bonds is 3. The highest BCUT2D eigenvalue weighted by Gasteiger charge is 2.17. The van der Waals surface area contributed by atoms with Crippen LogP contribution in [0.4, 0.5) is 17.3 Å². The van der Waals surface area contributed by atoms with E-state index in [-0.39, 0.29) is 6.01 Å². The molecule has 18 heteroatoms. The van der Waals surface area contributed by atoms with Gasteiger partial charge in [-0.2, -0.15) is 0 Å². The zero-order valence-electron chi connectivity index (χ0n) is 12.5. The Morgan fingerprint density at radius 2 is 1.25 bits per heavy atom. The Kier molecular flexibility index (Phi) is 19.0. The smallest absolute Gasteiger partial charge is 0.481 e. The number of halogens is 4. The van der Waals surface area contributed by atoms with Crippen molar-refractivity contribution in [2.45, 2.75) is 20.3 Å². The Hall–Kier alpha value is -1.29. The topological polar surface area (TPSA) is 180 Å². The molecule has 0 amide bonds. The summed E-state index contributed by atoms with van der Waals surface area (Å²) in [6, 6.07) is 0.0133. The van der Waals surface area contributed by atoms with Crippen molar-refractivity contribution in [1.29, 1.82) is 0 Å². The SMILES string of the molecule is CCc1nc(OB(O)F)[nH]c1C.OB(O)F.OB(O)F.OB(O)F.